The van der Waals surface area contributed by atoms with Crippen molar-refractivity contribution in [3.8, 4) is 0 Å². The number of nitrogens with zero attached hydrogens (tertiary/aromatic N) is 2. The Bertz CT molecular complexity index is 1490. The molecule has 0 saturated carbocycles. The number of aromatic carboxylic acids is 1. The first-order valence-corrected chi connectivity index (χ1v) is 13.1. The number of aryl methyl sites for hydroxylation is 1. The predicted octanol–water partition coefficient (Wildman–Crippen LogP) is 5.35. The highest BCUT2D eigenvalue weighted by Gasteiger charge is 2.29. The number of halogens is 2. The Morgan fingerprint density at radius 1 is 1.13 bits per heavy atom. The van der Waals surface area contributed by atoms with Crippen molar-refractivity contribution in [2.24, 2.45) is 5.41 Å². The van der Waals surface area contributed by atoms with Gasteiger partial charge in [-0.1, -0.05) is 39.3 Å². The molecule has 9 heteroatoms. The van der Waals surface area contributed by atoms with E-state index in [1.807, 2.05) is 33.8 Å². The van der Waals surface area contributed by atoms with Crippen LogP contribution in [0.4, 0.5) is 10.1 Å². The van der Waals surface area contributed by atoms with Crippen molar-refractivity contribution in [3.05, 3.63) is 73.8 Å². The largest absolute Gasteiger partial charge is 0.477 e. The highest BCUT2D eigenvalue weighted by atomic mass is 35.5. The molecule has 1 amide bonds. The third-order valence-electron chi connectivity index (χ3n) is 7.33. The Morgan fingerprint density at radius 3 is 2.39 bits per heavy atom. The van der Waals surface area contributed by atoms with Crippen molar-refractivity contribution in [1.29, 1.82) is 0 Å². The van der Waals surface area contributed by atoms with Crippen molar-refractivity contribution in [1.82, 2.24) is 4.57 Å². The van der Waals surface area contributed by atoms with Crippen LogP contribution < -0.4 is 10.3 Å². The van der Waals surface area contributed by atoms with Crippen molar-refractivity contribution < 1.29 is 24.2 Å². The molecule has 38 heavy (non-hydrogen) atoms. The van der Waals surface area contributed by atoms with Gasteiger partial charge in [0.05, 0.1) is 23.2 Å². The molecule has 1 saturated heterocycles. The Labute approximate surface area is 225 Å². The molecular formula is C29H32ClFN2O5. The average molecular weight is 543 g/mol. The van der Waals surface area contributed by atoms with Crippen molar-refractivity contribution in [2.75, 3.05) is 18.1 Å². The molecule has 2 heterocycles. The van der Waals surface area contributed by atoms with Gasteiger partial charge in [-0.25, -0.2) is 9.18 Å². The van der Waals surface area contributed by atoms with E-state index in [1.165, 1.54) is 12.3 Å². The fourth-order valence-electron chi connectivity index (χ4n) is 5.21. The van der Waals surface area contributed by atoms with Gasteiger partial charge in [-0.15, -0.1) is 0 Å². The lowest BCUT2D eigenvalue weighted by molar-refractivity contribution is -0.117. The Kier molecular flexibility index (Phi) is 7.68. The zero-order valence-corrected chi connectivity index (χ0v) is 22.7. The number of amides is 1. The van der Waals surface area contributed by atoms with Gasteiger partial charge in [0.1, 0.15) is 11.4 Å². The first-order chi connectivity index (χ1) is 17.9. The molecule has 202 valence electrons. The number of fused-ring (bicyclic) bond motifs is 1. The lowest BCUT2D eigenvalue weighted by atomic mass is 9.86. The molecule has 0 aliphatic carbocycles. The number of carbonyl (C=O) groups excluding carboxylic acids is 1. The monoisotopic (exact) mass is 542 g/mol. The number of rotatable bonds is 7. The molecule has 1 aliphatic heterocycles. The number of aliphatic hydroxyl groups excluding tert-OH is 1. The van der Waals surface area contributed by atoms with Gasteiger partial charge >= 0.3 is 5.97 Å². The molecule has 1 aromatic heterocycles. The van der Waals surface area contributed by atoms with Crippen LogP contribution in [0.15, 0.2) is 35.3 Å². The van der Waals surface area contributed by atoms with Gasteiger partial charge < -0.3 is 19.7 Å². The number of aliphatic hydroxyl groups is 1. The van der Waals surface area contributed by atoms with E-state index in [9.17, 15) is 24.6 Å². The van der Waals surface area contributed by atoms with E-state index in [1.54, 1.807) is 21.6 Å². The van der Waals surface area contributed by atoms with E-state index in [0.29, 0.717) is 36.2 Å². The molecule has 4 rings (SSSR count). The van der Waals surface area contributed by atoms with Crippen LogP contribution >= 0.6 is 11.6 Å². The van der Waals surface area contributed by atoms with Crippen LogP contribution in [0.2, 0.25) is 5.02 Å². The zero-order chi connectivity index (χ0) is 27.9. The molecule has 7 nitrogen and oxygen atoms in total. The second kappa shape index (κ2) is 10.5. The van der Waals surface area contributed by atoms with Crippen LogP contribution in [0, 0.1) is 11.2 Å². The Balaban J connectivity index is 1.93. The number of anilines is 1. The fraction of sp³-hybridized carbons (Fsp3) is 0.414. The molecule has 2 N–H and O–H groups in total. The number of hydrogen-bond acceptors (Lipinski definition) is 4. The topological polar surface area (TPSA) is 99.8 Å². The minimum Gasteiger partial charge on any atom is -0.477 e. The van der Waals surface area contributed by atoms with E-state index in [2.05, 4.69) is 0 Å². The van der Waals surface area contributed by atoms with Gasteiger partial charge in [0.2, 0.25) is 11.3 Å². The summed E-state index contributed by atoms with van der Waals surface area (Å²) in [5, 5.41) is 20.1. The molecule has 1 aliphatic rings. The third-order valence-corrected chi connectivity index (χ3v) is 7.60. The van der Waals surface area contributed by atoms with E-state index >= 15 is 4.39 Å². The summed E-state index contributed by atoms with van der Waals surface area (Å²) < 4.78 is 16.9. The molecule has 0 unspecified atom stereocenters. The summed E-state index contributed by atoms with van der Waals surface area (Å²) in [5.41, 5.74) is 1.32. The summed E-state index contributed by atoms with van der Waals surface area (Å²) in [6.45, 7) is 8.01. The Morgan fingerprint density at radius 2 is 1.84 bits per heavy atom. The van der Waals surface area contributed by atoms with Crippen molar-refractivity contribution >= 4 is 40.1 Å². The molecule has 0 bridgehead atoms. The fourth-order valence-corrected chi connectivity index (χ4v) is 5.44. The lowest BCUT2D eigenvalue weighted by Crippen LogP contribution is -2.30. The minimum absolute atomic E-state index is 0.0439. The molecule has 0 spiro atoms. The third kappa shape index (κ3) is 5.07. The SMILES string of the molecule is CCc1cc2c(cc1Cc1cc(N3CCCC3=O)cc(Cl)c1F)c(=O)c(C(=O)O)cn2[C@H](CO)C(C)(C)C. The van der Waals surface area contributed by atoms with Crippen molar-refractivity contribution in [2.45, 2.75) is 59.4 Å². The summed E-state index contributed by atoms with van der Waals surface area (Å²) in [5.74, 6) is -2.01. The smallest absolute Gasteiger partial charge is 0.341 e. The molecular weight excluding hydrogens is 511 g/mol. The maximum Gasteiger partial charge on any atom is 0.341 e. The van der Waals surface area contributed by atoms with Gasteiger partial charge in [0.15, 0.2) is 0 Å². The molecule has 0 radical (unpaired) electrons. The van der Waals surface area contributed by atoms with Gasteiger partial charge in [-0.3, -0.25) is 9.59 Å². The molecule has 2 aromatic carbocycles. The van der Waals surface area contributed by atoms with Crippen LogP contribution in [-0.4, -0.2) is 39.8 Å². The van der Waals surface area contributed by atoms with Gasteiger partial charge in [-0.05, 0) is 59.2 Å². The number of pyridine rings is 1. The van der Waals surface area contributed by atoms with Crippen LogP contribution in [0.5, 0.6) is 0 Å². The molecule has 1 fully saturated rings. The van der Waals surface area contributed by atoms with Gasteiger partial charge in [0, 0.05) is 36.7 Å². The number of carboxylic acid groups (broad SMARTS) is 1. The number of benzene rings is 2. The lowest BCUT2D eigenvalue weighted by Gasteiger charge is -2.33. The number of hydrogen-bond donors (Lipinski definition) is 2. The highest BCUT2D eigenvalue weighted by molar-refractivity contribution is 6.31. The molecule has 1 atom stereocenters. The standard InChI is InChI=1S/C29H32ClFN2O5/c1-5-16-12-23-20(27(36)21(28(37)38)14-33(23)24(15-34)29(2,3)4)11-17(16)9-18-10-19(13-22(30)26(18)31)32-8-6-7-25(32)35/h10-14,24,34H,5-9,15H2,1-4H3,(H,37,38)/t24-/m1/s1. The minimum atomic E-state index is -1.36. The van der Waals surface area contributed by atoms with Crippen LogP contribution in [-0.2, 0) is 17.6 Å². The van der Waals surface area contributed by atoms with Crippen molar-refractivity contribution in [3.63, 3.8) is 0 Å². The van der Waals surface area contributed by atoms with Crippen LogP contribution in [0.3, 0.4) is 0 Å². The van der Waals surface area contributed by atoms with Crippen LogP contribution in [0.25, 0.3) is 10.9 Å². The maximum atomic E-state index is 15.2. The summed E-state index contributed by atoms with van der Waals surface area (Å²) in [6, 6.07) is 6.01. The number of carbonyl (C=O) groups is 2. The Hall–Kier alpha value is -3.23. The van der Waals surface area contributed by atoms with Crippen LogP contribution in [0.1, 0.15) is 73.6 Å². The highest BCUT2D eigenvalue weighted by Crippen LogP contribution is 2.35. The van der Waals surface area contributed by atoms with E-state index in [4.69, 9.17) is 11.6 Å². The van der Waals surface area contributed by atoms with E-state index in [-0.39, 0.29) is 34.9 Å². The average Bonchev–Trinajstić information content (AvgIpc) is 3.28. The quantitative estimate of drug-likeness (QED) is 0.419. The summed E-state index contributed by atoms with van der Waals surface area (Å²) >= 11 is 6.22. The normalized spacial score (nSPS) is 14.9. The first-order valence-electron chi connectivity index (χ1n) is 12.7. The second-order valence-electron chi connectivity index (χ2n) is 10.9. The second-order valence-corrected chi connectivity index (χ2v) is 11.3. The predicted molar refractivity (Wildman–Crippen MR) is 146 cm³/mol. The van der Waals surface area contributed by atoms with Gasteiger partial charge in [0.25, 0.3) is 0 Å². The zero-order valence-electron chi connectivity index (χ0n) is 22.0. The number of carboxylic acids is 1. The molecule has 3 aromatic rings. The first kappa shape index (κ1) is 27.8. The summed E-state index contributed by atoms with van der Waals surface area (Å²) in [7, 11) is 0. The number of aromatic nitrogens is 1. The van der Waals surface area contributed by atoms with E-state index in [0.717, 1.165) is 12.0 Å². The summed E-state index contributed by atoms with van der Waals surface area (Å²) in [4.78, 5) is 39.1. The summed E-state index contributed by atoms with van der Waals surface area (Å²) in [6.07, 6.45) is 3.11. The van der Waals surface area contributed by atoms with E-state index < -0.39 is 34.2 Å². The van der Waals surface area contributed by atoms with Gasteiger partial charge in [-0.2, -0.15) is 0 Å². The maximum absolute atomic E-state index is 15.2.